The smallest absolute Gasteiger partial charge is 0.249 e. The molecule has 0 aromatic heterocycles. The average molecular weight is 228 g/mol. The van der Waals surface area contributed by atoms with Crippen molar-refractivity contribution in [1.82, 2.24) is 10.6 Å². The molecule has 0 radical (unpaired) electrons. The maximum absolute atomic E-state index is 11.6. The summed E-state index contributed by atoms with van der Waals surface area (Å²) in [5.41, 5.74) is 0. The normalized spacial score (nSPS) is 27.4. The lowest BCUT2D eigenvalue weighted by Crippen LogP contribution is -2.45. The molecule has 0 spiro atoms. The van der Waals surface area contributed by atoms with Gasteiger partial charge in [-0.2, -0.15) is 0 Å². The molecule has 0 bridgehead atoms. The summed E-state index contributed by atoms with van der Waals surface area (Å²) < 4.78 is 4.99. The highest BCUT2D eigenvalue weighted by molar-refractivity contribution is 5.80. The van der Waals surface area contributed by atoms with Crippen LogP contribution in [0.1, 0.15) is 39.5 Å². The molecule has 1 aliphatic carbocycles. The molecule has 94 valence electrons. The second-order valence-corrected chi connectivity index (χ2v) is 4.49. The Labute approximate surface area is 98.1 Å². The topological polar surface area (TPSA) is 50.4 Å². The van der Waals surface area contributed by atoms with E-state index < -0.39 is 0 Å². The van der Waals surface area contributed by atoms with Gasteiger partial charge in [0, 0.05) is 19.2 Å². The van der Waals surface area contributed by atoms with E-state index in [9.17, 15) is 4.79 Å². The van der Waals surface area contributed by atoms with E-state index in [1.54, 1.807) is 14.0 Å². The Bertz CT molecular complexity index is 213. The highest BCUT2D eigenvalue weighted by Gasteiger charge is 2.23. The number of ether oxygens (including phenoxy) is 1. The molecule has 0 saturated heterocycles. The predicted molar refractivity (Wildman–Crippen MR) is 64.3 cm³/mol. The monoisotopic (exact) mass is 228 g/mol. The van der Waals surface area contributed by atoms with Crippen molar-refractivity contribution >= 4 is 5.91 Å². The van der Waals surface area contributed by atoms with Crippen LogP contribution < -0.4 is 10.6 Å². The van der Waals surface area contributed by atoms with Crippen LogP contribution in [-0.4, -0.2) is 37.7 Å². The number of amides is 1. The standard InChI is InChI=1S/C12H24N2O2/c1-4-13-10-5-7-11(8-6-10)14-12(15)9(2)16-3/h9-11,13H,4-8H2,1-3H3,(H,14,15). The Hall–Kier alpha value is -0.610. The minimum absolute atomic E-state index is 0.00870. The summed E-state index contributed by atoms with van der Waals surface area (Å²) in [4.78, 5) is 11.6. The Morgan fingerprint density at radius 1 is 1.31 bits per heavy atom. The fourth-order valence-corrected chi connectivity index (χ4v) is 2.16. The number of methoxy groups -OCH3 is 1. The summed E-state index contributed by atoms with van der Waals surface area (Å²) >= 11 is 0. The molecule has 1 unspecified atom stereocenters. The van der Waals surface area contributed by atoms with Gasteiger partial charge in [-0.1, -0.05) is 6.92 Å². The zero-order valence-electron chi connectivity index (χ0n) is 10.6. The third kappa shape index (κ3) is 4.10. The van der Waals surface area contributed by atoms with Crippen LogP contribution in [0.3, 0.4) is 0 Å². The van der Waals surface area contributed by atoms with E-state index in [1.165, 1.54) is 0 Å². The lowest BCUT2D eigenvalue weighted by atomic mass is 9.91. The molecule has 16 heavy (non-hydrogen) atoms. The zero-order chi connectivity index (χ0) is 12.0. The van der Waals surface area contributed by atoms with Gasteiger partial charge >= 0.3 is 0 Å². The van der Waals surface area contributed by atoms with Crippen molar-refractivity contribution < 1.29 is 9.53 Å². The van der Waals surface area contributed by atoms with Gasteiger partial charge in [-0.3, -0.25) is 4.79 Å². The molecule has 0 heterocycles. The summed E-state index contributed by atoms with van der Waals surface area (Å²) in [6.45, 7) is 4.94. The molecule has 0 aromatic rings. The third-order valence-corrected chi connectivity index (χ3v) is 3.29. The SMILES string of the molecule is CCNC1CCC(NC(=O)C(C)OC)CC1. The number of hydrogen-bond acceptors (Lipinski definition) is 3. The van der Waals surface area contributed by atoms with Crippen LogP contribution >= 0.6 is 0 Å². The Kier molecular flexibility index (Phi) is 5.77. The van der Waals surface area contributed by atoms with Gasteiger partial charge in [-0.15, -0.1) is 0 Å². The van der Waals surface area contributed by atoms with Crippen molar-refractivity contribution in [2.24, 2.45) is 0 Å². The predicted octanol–water partition coefficient (Wildman–Crippen LogP) is 1.06. The highest BCUT2D eigenvalue weighted by Crippen LogP contribution is 2.18. The van der Waals surface area contributed by atoms with E-state index in [-0.39, 0.29) is 12.0 Å². The molecule has 4 heteroatoms. The number of nitrogens with one attached hydrogen (secondary N) is 2. The molecule has 2 N–H and O–H groups in total. The van der Waals surface area contributed by atoms with Crippen LogP contribution in [0.2, 0.25) is 0 Å². The molecular formula is C12H24N2O2. The molecule has 1 fully saturated rings. The van der Waals surface area contributed by atoms with Crippen LogP contribution in [0.15, 0.2) is 0 Å². The van der Waals surface area contributed by atoms with Gasteiger partial charge in [0.2, 0.25) is 5.91 Å². The van der Waals surface area contributed by atoms with Crippen LogP contribution in [0, 0.1) is 0 Å². The van der Waals surface area contributed by atoms with Gasteiger partial charge < -0.3 is 15.4 Å². The Morgan fingerprint density at radius 2 is 1.88 bits per heavy atom. The number of carbonyl (C=O) groups excluding carboxylic acids is 1. The van der Waals surface area contributed by atoms with E-state index in [1.807, 2.05) is 0 Å². The molecule has 1 atom stereocenters. The maximum Gasteiger partial charge on any atom is 0.249 e. The molecular weight excluding hydrogens is 204 g/mol. The lowest BCUT2D eigenvalue weighted by Gasteiger charge is -2.30. The summed E-state index contributed by atoms with van der Waals surface area (Å²) in [5.74, 6) is 0.00870. The zero-order valence-corrected chi connectivity index (χ0v) is 10.6. The molecule has 1 rings (SSSR count). The fourth-order valence-electron chi connectivity index (χ4n) is 2.16. The molecule has 4 nitrogen and oxygen atoms in total. The molecule has 1 saturated carbocycles. The first-order valence-electron chi connectivity index (χ1n) is 6.24. The second kappa shape index (κ2) is 6.86. The first-order valence-corrected chi connectivity index (χ1v) is 6.24. The minimum atomic E-state index is -0.341. The quantitative estimate of drug-likeness (QED) is 0.739. The third-order valence-electron chi connectivity index (χ3n) is 3.29. The van der Waals surface area contributed by atoms with Gasteiger partial charge in [-0.25, -0.2) is 0 Å². The van der Waals surface area contributed by atoms with E-state index >= 15 is 0 Å². The van der Waals surface area contributed by atoms with E-state index in [0.717, 1.165) is 32.2 Å². The minimum Gasteiger partial charge on any atom is -0.372 e. The van der Waals surface area contributed by atoms with Gasteiger partial charge in [-0.05, 0) is 39.2 Å². The molecule has 0 aromatic carbocycles. The largest absolute Gasteiger partial charge is 0.372 e. The maximum atomic E-state index is 11.6. The van der Waals surface area contributed by atoms with Crippen LogP contribution in [0.25, 0.3) is 0 Å². The summed E-state index contributed by atoms with van der Waals surface area (Å²) in [6, 6.07) is 0.970. The summed E-state index contributed by atoms with van der Waals surface area (Å²) in [6.07, 6.45) is 4.10. The number of carbonyl (C=O) groups is 1. The summed E-state index contributed by atoms with van der Waals surface area (Å²) in [5, 5.41) is 6.50. The lowest BCUT2D eigenvalue weighted by molar-refractivity contribution is -0.131. The van der Waals surface area contributed by atoms with Crippen LogP contribution in [-0.2, 0) is 9.53 Å². The summed E-state index contributed by atoms with van der Waals surface area (Å²) in [7, 11) is 1.56. The van der Waals surface area contributed by atoms with Crippen molar-refractivity contribution in [1.29, 1.82) is 0 Å². The molecule has 1 amide bonds. The van der Waals surface area contributed by atoms with Crippen molar-refractivity contribution in [2.75, 3.05) is 13.7 Å². The van der Waals surface area contributed by atoms with Gasteiger partial charge in [0.1, 0.15) is 6.10 Å². The average Bonchev–Trinajstić information content (AvgIpc) is 2.31. The van der Waals surface area contributed by atoms with E-state index in [0.29, 0.717) is 12.1 Å². The first kappa shape index (κ1) is 13.5. The Balaban J connectivity index is 2.24. The second-order valence-electron chi connectivity index (χ2n) is 4.49. The van der Waals surface area contributed by atoms with Crippen molar-refractivity contribution in [2.45, 2.75) is 57.7 Å². The molecule has 0 aliphatic heterocycles. The van der Waals surface area contributed by atoms with Gasteiger partial charge in [0.05, 0.1) is 0 Å². The van der Waals surface area contributed by atoms with Gasteiger partial charge in [0.25, 0.3) is 0 Å². The fraction of sp³-hybridized carbons (Fsp3) is 0.917. The molecule has 1 aliphatic rings. The van der Waals surface area contributed by atoms with Crippen molar-refractivity contribution in [3.63, 3.8) is 0 Å². The number of rotatable bonds is 5. The Morgan fingerprint density at radius 3 is 2.38 bits per heavy atom. The van der Waals surface area contributed by atoms with Crippen LogP contribution in [0.5, 0.6) is 0 Å². The van der Waals surface area contributed by atoms with Crippen LogP contribution in [0.4, 0.5) is 0 Å². The highest BCUT2D eigenvalue weighted by atomic mass is 16.5. The van der Waals surface area contributed by atoms with Crippen molar-refractivity contribution in [3.05, 3.63) is 0 Å². The van der Waals surface area contributed by atoms with Crippen molar-refractivity contribution in [3.8, 4) is 0 Å². The van der Waals surface area contributed by atoms with Gasteiger partial charge in [0.15, 0.2) is 0 Å². The number of hydrogen-bond donors (Lipinski definition) is 2. The van der Waals surface area contributed by atoms with E-state index in [4.69, 9.17) is 4.74 Å². The van der Waals surface area contributed by atoms with E-state index in [2.05, 4.69) is 17.6 Å². The first-order chi connectivity index (χ1) is 7.67.